The van der Waals surface area contributed by atoms with Gasteiger partial charge < -0.3 is 25.0 Å². The highest BCUT2D eigenvalue weighted by Gasteiger charge is 2.31. The maximum atomic E-state index is 12.4. The number of aromatic nitrogens is 2. The van der Waals surface area contributed by atoms with Gasteiger partial charge in [0.2, 0.25) is 0 Å². The third-order valence-electron chi connectivity index (χ3n) is 5.17. The SMILES string of the molecule is FC(F)(F)Oc1ccc(Oc2ccnc(N3CCC[C@@H](NC(=S)Nc4cccnc4)C3)c2Cl)c(Cl)c1. The van der Waals surface area contributed by atoms with Crippen LogP contribution in [0.3, 0.4) is 0 Å². The minimum Gasteiger partial charge on any atom is -0.454 e. The summed E-state index contributed by atoms with van der Waals surface area (Å²) in [6.45, 7) is 1.32. The summed E-state index contributed by atoms with van der Waals surface area (Å²) < 4.78 is 47.0. The molecule has 0 radical (unpaired) electrons. The van der Waals surface area contributed by atoms with Gasteiger partial charge in [0.25, 0.3) is 0 Å². The van der Waals surface area contributed by atoms with Crippen molar-refractivity contribution < 1.29 is 22.6 Å². The van der Waals surface area contributed by atoms with E-state index in [0.29, 0.717) is 17.5 Å². The fraction of sp³-hybridized carbons (Fsp3) is 0.261. The Morgan fingerprint density at radius 2 is 1.97 bits per heavy atom. The summed E-state index contributed by atoms with van der Waals surface area (Å²) >= 11 is 18.1. The number of benzene rings is 1. The van der Waals surface area contributed by atoms with Gasteiger partial charge in [0, 0.05) is 43.7 Å². The van der Waals surface area contributed by atoms with Gasteiger partial charge in [-0.25, -0.2) is 4.98 Å². The average Bonchev–Trinajstić information content (AvgIpc) is 2.82. The van der Waals surface area contributed by atoms with Crippen LogP contribution in [0.1, 0.15) is 12.8 Å². The lowest BCUT2D eigenvalue weighted by atomic mass is 10.1. The van der Waals surface area contributed by atoms with E-state index in [4.69, 9.17) is 40.2 Å². The number of thiocarbonyl (C=S) groups is 1. The fourth-order valence-electron chi connectivity index (χ4n) is 3.67. The highest BCUT2D eigenvalue weighted by Crippen LogP contribution is 2.39. The van der Waals surface area contributed by atoms with Crippen molar-refractivity contribution in [2.45, 2.75) is 25.2 Å². The van der Waals surface area contributed by atoms with Crippen molar-refractivity contribution in [2.24, 2.45) is 0 Å². The van der Waals surface area contributed by atoms with Crippen molar-refractivity contribution in [3.05, 3.63) is 65.0 Å². The van der Waals surface area contributed by atoms with Gasteiger partial charge in [-0.15, -0.1) is 13.2 Å². The Kier molecular flexibility index (Phi) is 8.22. The molecule has 1 aromatic carbocycles. The molecule has 1 saturated heterocycles. The van der Waals surface area contributed by atoms with E-state index < -0.39 is 12.1 Å². The molecule has 3 heterocycles. The first-order valence-corrected chi connectivity index (χ1v) is 11.9. The van der Waals surface area contributed by atoms with E-state index in [0.717, 1.165) is 37.2 Å². The molecule has 3 aromatic rings. The van der Waals surface area contributed by atoms with Gasteiger partial charge in [0.15, 0.2) is 16.7 Å². The second-order valence-electron chi connectivity index (χ2n) is 7.81. The zero-order valence-corrected chi connectivity index (χ0v) is 20.9. The summed E-state index contributed by atoms with van der Waals surface area (Å²) in [5.41, 5.74) is 0.786. The molecule has 36 heavy (non-hydrogen) atoms. The third-order valence-corrected chi connectivity index (χ3v) is 6.04. The zero-order valence-electron chi connectivity index (χ0n) is 18.6. The number of alkyl halides is 3. The minimum absolute atomic E-state index is 0.0495. The summed E-state index contributed by atoms with van der Waals surface area (Å²) in [7, 11) is 0. The van der Waals surface area contributed by atoms with Crippen molar-refractivity contribution in [2.75, 3.05) is 23.3 Å². The van der Waals surface area contributed by atoms with Crippen LogP contribution in [0.5, 0.6) is 17.2 Å². The van der Waals surface area contributed by atoms with E-state index in [1.54, 1.807) is 18.5 Å². The summed E-state index contributed by atoms with van der Waals surface area (Å²) in [5, 5.41) is 7.09. The van der Waals surface area contributed by atoms with E-state index in [-0.39, 0.29) is 27.6 Å². The number of anilines is 2. The summed E-state index contributed by atoms with van der Waals surface area (Å²) in [6.07, 6.45) is 1.86. The van der Waals surface area contributed by atoms with Gasteiger partial charge in [0.05, 0.1) is 16.9 Å². The van der Waals surface area contributed by atoms with Crippen molar-refractivity contribution in [1.29, 1.82) is 0 Å². The van der Waals surface area contributed by atoms with E-state index >= 15 is 0 Å². The fourth-order valence-corrected chi connectivity index (χ4v) is 4.43. The topological polar surface area (TPSA) is 71.5 Å². The van der Waals surface area contributed by atoms with Gasteiger partial charge in [0.1, 0.15) is 16.5 Å². The normalized spacial score (nSPS) is 15.8. The molecule has 1 aliphatic heterocycles. The first-order chi connectivity index (χ1) is 17.2. The Bertz CT molecular complexity index is 1220. The molecule has 0 spiro atoms. The molecule has 1 fully saturated rings. The van der Waals surface area contributed by atoms with E-state index in [1.165, 1.54) is 12.3 Å². The molecule has 2 N–H and O–H groups in total. The monoisotopic (exact) mass is 557 g/mol. The largest absolute Gasteiger partial charge is 0.573 e. The van der Waals surface area contributed by atoms with Gasteiger partial charge in [-0.1, -0.05) is 23.2 Å². The lowest BCUT2D eigenvalue weighted by molar-refractivity contribution is -0.274. The van der Waals surface area contributed by atoms with E-state index in [9.17, 15) is 13.2 Å². The Balaban J connectivity index is 1.43. The number of nitrogens with one attached hydrogen (secondary N) is 2. The number of hydrogen-bond acceptors (Lipinski definition) is 6. The highest BCUT2D eigenvalue weighted by atomic mass is 35.5. The zero-order chi connectivity index (χ0) is 25.7. The molecular weight excluding hydrogens is 538 g/mol. The van der Waals surface area contributed by atoms with Crippen LogP contribution in [0.4, 0.5) is 24.7 Å². The second-order valence-corrected chi connectivity index (χ2v) is 9.01. The van der Waals surface area contributed by atoms with Gasteiger partial charge >= 0.3 is 6.36 Å². The van der Waals surface area contributed by atoms with Crippen molar-refractivity contribution in [1.82, 2.24) is 15.3 Å². The summed E-state index contributed by atoms with van der Waals surface area (Å²) in [4.78, 5) is 10.5. The Hall–Kier alpha value is -3.02. The number of rotatable bonds is 6. The number of nitrogens with zero attached hydrogens (tertiary/aromatic N) is 3. The van der Waals surface area contributed by atoms with Crippen LogP contribution in [0, 0.1) is 0 Å². The van der Waals surface area contributed by atoms with Crippen LogP contribution in [0.15, 0.2) is 55.0 Å². The maximum Gasteiger partial charge on any atom is 0.573 e. The summed E-state index contributed by atoms with van der Waals surface area (Å²) in [5.74, 6) is 0.441. The predicted molar refractivity (Wildman–Crippen MR) is 136 cm³/mol. The average molecular weight is 558 g/mol. The lowest BCUT2D eigenvalue weighted by Gasteiger charge is -2.35. The Morgan fingerprint density at radius 1 is 1.14 bits per heavy atom. The lowest BCUT2D eigenvalue weighted by Crippen LogP contribution is -2.49. The van der Waals surface area contributed by atoms with Crippen LogP contribution < -0.4 is 25.0 Å². The molecule has 190 valence electrons. The highest BCUT2D eigenvalue weighted by molar-refractivity contribution is 7.80. The Morgan fingerprint density at radius 3 is 2.69 bits per heavy atom. The molecule has 2 aromatic heterocycles. The van der Waals surface area contributed by atoms with Crippen molar-refractivity contribution >= 4 is 52.0 Å². The first kappa shape index (κ1) is 26.1. The molecule has 1 aliphatic rings. The number of piperidine rings is 1. The van der Waals surface area contributed by atoms with Crippen LogP contribution >= 0.6 is 35.4 Å². The van der Waals surface area contributed by atoms with Gasteiger partial charge in [-0.2, -0.15) is 0 Å². The minimum atomic E-state index is -4.82. The summed E-state index contributed by atoms with van der Waals surface area (Å²) in [6, 6.07) is 8.68. The smallest absolute Gasteiger partial charge is 0.454 e. The second kappa shape index (κ2) is 11.4. The first-order valence-electron chi connectivity index (χ1n) is 10.8. The quantitative estimate of drug-likeness (QED) is 0.336. The molecule has 0 amide bonds. The van der Waals surface area contributed by atoms with Crippen molar-refractivity contribution in [3.63, 3.8) is 0 Å². The number of halogens is 5. The number of hydrogen-bond donors (Lipinski definition) is 2. The molecule has 0 bridgehead atoms. The van der Waals surface area contributed by atoms with Crippen LogP contribution in [0.2, 0.25) is 10.0 Å². The van der Waals surface area contributed by atoms with E-state index in [1.807, 2.05) is 17.0 Å². The molecule has 0 saturated carbocycles. The predicted octanol–water partition coefficient (Wildman–Crippen LogP) is 6.43. The van der Waals surface area contributed by atoms with Gasteiger partial charge in [-0.05, 0) is 49.3 Å². The third kappa shape index (κ3) is 7.02. The van der Waals surface area contributed by atoms with Crippen molar-refractivity contribution in [3.8, 4) is 17.2 Å². The van der Waals surface area contributed by atoms with E-state index in [2.05, 4.69) is 25.3 Å². The molecule has 13 heteroatoms. The van der Waals surface area contributed by atoms with Gasteiger partial charge in [-0.3, -0.25) is 4.98 Å². The molecule has 1 atom stereocenters. The molecule has 0 aliphatic carbocycles. The maximum absolute atomic E-state index is 12.4. The molecule has 7 nitrogen and oxygen atoms in total. The Labute approximate surface area is 220 Å². The van der Waals surface area contributed by atoms with Crippen LogP contribution in [-0.2, 0) is 0 Å². The molecule has 4 rings (SSSR count). The number of ether oxygens (including phenoxy) is 2. The van der Waals surface area contributed by atoms with Crippen LogP contribution in [0.25, 0.3) is 0 Å². The standard InChI is InChI=1S/C23H20Cl2F3N5O2S/c24-17-11-16(35-23(26,27)28)5-6-18(17)34-19-7-9-30-21(20(19)25)33-10-2-4-15(13-33)32-22(36)31-14-3-1-8-29-12-14/h1,3,5-9,11-12,15H,2,4,10,13H2,(H2,31,32,36)/t15-/m1/s1. The molecule has 0 unspecified atom stereocenters. The number of pyridine rings is 2. The van der Waals surface area contributed by atoms with Crippen LogP contribution in [-0.4, -0.2) is 40.6 Å². The molecular formula is C23H20Cl2F3N5O2S.